The lowest BCUT2D eigenvalue weighted by atomic mass is 9.89. The van der Waals surface area contributed by atoms with Crippen molar-refractivity contribution in [3.8, 4) is 6.08 Å². The number of ether oxygens (including phenoxy) is 1. The monoisotopic (exact) mass is 673 g/mol. The molecule has 0 unspecified atom stereocenters. The maximum Gasteiger partial charge on any atom is 0.394 e. The molecule has 7 rings (SSSR count). The van der Waals surface area contributed by atoms with Crippen LogP contribution in [0.1, 0.15) is 75.3 Å². The number of allylic oxidation sites excluding steroid dienone is 2. The standard InChI is InChI=1S/C37H43N3O7S/c1-24-10-9-11-25(18-24)19-26-12-5-3-2-4-6-13-27-21-37(27,35(43)39-48(44,45)29-16-17-29)22-32(41)31-20-28(23-40(31)34(26)42)46-36-38-30-14-7-8-15-33(30)47-36/h6-11,13-15,18,26-29,31H,2-5,12,16-17,19-23H2,1H3,(H,39,43)/b13-6-/t26-,27+,28-,31+,37-/m1/s1. The minimum atomic E-state index is -3.79. The predicted octanol–water partition coefficient (Wildman–Crippen LogP) is 5.44. The number of amides is 2. The van der Waals surface area contributed by atoms with E-state index in [1.165, 1.54) is 0 Å². The number of nitrogens with zero attached hydrogens (tertiary/aromatic N) is 2. The van der Waals surface area contributed by atoms with Crippen LogP contribution in [0.5, 0.6) is 6.08 Å². The molecule has 48 heavy (non-hydrogen) atoms. The van der Waals surface area contributed by atoms with Crippen molar-refractivity contribution in [3.63, 3.8) is 0 Å². The van der Waals surface area contributed by atoms with Gasteiger partial charge >= 0.3 is 6.08 Å². The Morgan fingerprint density at radius 3 is 2.71 bits per heavy atom. The number of Topliss-reactive ketones (excluding diaryl/α,β-unsaturated/α-hetero) is 1. The highest BCUT2D eigenvalue weighted by Gasteiger charge is 2.61. The average Bonchev–Trinajstić information content (AvgIpc) is 3.94. The summed E-state index contributed by atoms with van der Waals surface area (Å²) in [5.41, 5.74) is 2.25. The molecule has 0 radical (unpaired) electrons. The summed E-state index contributed by atoms with van der Waals surface area (Å²) in [6, 6.07) is 14.7. The quantitative estimate of drug-likeness (QED) is 0.328. The smallest absolute Gasteiger partial charge is 0.394 e. The van der Waals surface area contributed by atoms with Crippen molar-refractivity contribution in [3.05, 3.63) is 71.8 Å². The number of aromatic nitrogens is 1. The SMILES string of the molecule is Cc1cccc(C[C@H]2CCCCC/C=C\[C@H]3C[C@@]3(C(=O)NS(=O)(=O)C3CC3)CC(=O)[C@@H]3C[C@@H](Oc4nc5ccccc5o4)CN3C2=O)c1. The van der Waals surface area contributed by atoms with Crippen LogP contribution in [0.4, 0.5) is 0 Å². The fraction of sp³-hybridized carbons (Fsp3) is 0.514. The number of carbonyl (C=O) groups excluding carboxylic acids is 3. The molecule has 10 nitrogen and oxygen atoms in total. The maximum atomic E-state index is 14.5. The summed E-state index contributed by atoms with van der Waals surface area (Å²) in [6.45, 7) is 2.21. The number of para-hydroxylation sites is 2. The molecule has 5 atom stereocenters. The van der Waals surface area contributed by atoms with Gasteiger partial charge in [0.1, 0.15) is 11.6 Å². The van der Waals surface area contributed by atoms with Crippen LogP contribution in [0.3, 0.4) is 0 Å². The largest absolute Gasteiger partial charge is 0.445 e. The molecule has 1 aromatic heterocycles. The molecule has 3 aromatic rings. The van der Waals surface area contributed by atoms with Crippen molar-refractivity contribution in [1.82, 2.24) is 14.6 Å². The second kappa shape index (κ2) is 13.1. The molecule has 254 valence electrons. The number of sulfonamides is 1. The molecular formula is C37H43N3O7S. The van der Waals surface area contributed by atoms with E-state index in [1.54, 1.807) is 11.0 Å². The van der Waals surface area contributed by atoms with Crippen LogP contribution in [0, 0.1) is 24.2 Å². The van der Waals surface area contributed by atoms with E-state index in [0.717, 1.165) is 36.8 Å². The van der Waals surface area contributed by atoms with E-state index < -0.39 is 38.7 Å². The Morgan fingerprint density at radius 1 is 1.08 bits per heavy atom. The summed E-state index contributed by atoms with van der Waals surface area (Å²) in [6.07, 6.45) is 9.92. The lowest BCUT2D eigenvalue weighted by molar-refractivity contribution is -0.142. The van der Waals surface area contributed by atoms with E-state index in [2.05, 4.69) is 21.8 Å². The van der Waals surface area contributed by atoms with Gasteiger partial charge in [-0.1, -0.05) is 67.0 Å². The summed E-state index contributed by atoms with van der Waals surface area (Å²) in [5, 5.41) is -0.554. The van der Waals surface area contributed by atoms with Crippen molar-refractivity contribution < 1.29 is 32.0 Å². The van der Waals surface area contributed by atoms with E-state index >= 15 is 0 Å². The number of fused-ring (bicyclic) bond motifs is 3. The topological polar surface area (TPSA) is 136 Å². The third-order valence-electron chi connectivity index (χ3n) is 10.4. The van der Waals surface area contributed by atoms with Gasteiger partial charge in [-0.05, 0) is 75.5 Å². The van der Waals surface area contributed by atoms with E-state index in [1.807, 2.05) is 49.4 Å². The number of hydrogen-bond donors (Lipinski definition) is 1. The summed E-state index contributed by atoms with van der Waals surface area (Å²) in [7, 11) is -3.79. The molecule has 2 saturated carbocycles. The summed E-state index contributed by atoms with van der Waals surface area (Å²) >= 11 is 0. The molecule has 3 heterocycles. The highest BCUT2D eigenvalue weighted by atomic mass is 32.2. The minimum absolute atomic E-state index is 0.0775. The Balaban J connectivity index is 1.18. The van der Waals surface area contributed by atoms with Crippen LogP contribution in [-0.4, -0.2) is 59.8 Å². The Bertz CT molecular complexity index is 1810. The van der Waals surface area contributed by atoms with Crippen molar-refractivity contribution >= 4 is 38.7 Å². The second-order valence-electron chi connectivity index (χ2n) is 14.2. The van der Waals surface area contributed by atoms with Gasteiger partial charge in [0.25, 0.3) is 0 Å². The molecule has 1 N–H and O–H groups in total. The summed E-state index contributed by atoms with van der Waals surface area (Å²) in [5.74, 6) is -1.55. The number of hydrogen-bond acceptors (Lipinski definition) is 8. The van der Waals surface area contributed by atoms with Crippen LogP contribution < -0.4 is 9.46 Å². The second-order valence-corrected chi connectivity index (χ2v) is 16.1. The number of aryl methyl sites for hydroxylation is 1. The number of rotatable bonds is 7. The van der Waals surface area contributed by atoms with Crippen LogP contribution in [0.15, 0.2) is 65.1 Å². The first kappa shape index (κ1) is 32.6. The van der Waals surface area contributed by atoms with Crippen molar-refractivity contribution in [1.29, 1.82) is 0 Å². The number of ketones is 1. The lowest BCUT2D eigenvalue weighted by Crippen LogP contribution is -2.46. The molecule has 1 saturated heterocycles. The van der Waals surface area contributed by atoms with Gasteiger partial charge < -0.3 is 14.1 Å². The molecule has 4 aliphatic rings. The zero-order valence-electron chi connectivity index (χ0n) is 27.3. The molecule has 0 spiro atoms. The van der Waals surface area contributed by atoms with Gasteiger partial charge in [0.2, 0.25) is 21.8 Å². The van der Waals surface area contributed by atoms with Crippen LogP contribution in [0.25, 0.3) is 11.1 Å². The highest BCUT2D eigenvalue weighted by Crippen LogP contribution is 2.57. The maximum absolute atomic E-state index is 14.5. The fourth-order valence-electron chi connectivity index (χ4n) is 7.49. The van der Waals surface area contributed by atoms with E-state index in [0.29, 0.717) is 43.2 Å². The third-order valence-corrected chi connectivity index (χ3v) is 12.3. The Kier molecular flexibility index (Phi) is 8.91. The number of benzene rings is 2. The van der Waals surface area contributed by atoms with Gasteiger partial charge in [-0.2, -0.15) is 4.98 Å². The molecule has 2 aromatic carbocycles. The zero-order valence-corrected chi connectivity index (χ0v) is 28.1. The highest BCUT2D eigenvalue weighted by molar-refractivity contribution is 7.90. The summed E-state index contributed by atoms with van der Waals surface area (Å²) < 4.78 is 39.9. The first-order valence-electron chi connectivity index (χ1n) is 17.2. The van der Waals surface area contributed by atoms with Gasteiger partial charge in [-0.25, -0.2) is 8.42 Å². The summed E-state index contributed by atoms with van der Waals surface area (Å²) in [4.78, 5) is 48.6. The molecule has 0 bridgehead atoms. The van der Waals surface area contributed by atoms with Gasteiger partial charge in [0.15, 0.2) is 11.4 Å². The Labute approximate surface area is 281 Å². The molecule has 2 aliphatic heterocycles. The molecule has 3 fully saturated rings. The average molecular weight is 674 g/mol. The van der Waals surface area contributed by atoms with E-state index in [9.17, 15) is 22.8 Å². The molecular weight excluding hydrogens is 630 g/mol. The van der Waals surface area contributed by atoms with Crippen LogP contribution in [-0.2, 0) is 30.8 Å². The number of oxazole rings is 1. The molecule has 11 heteroatoms. The minimum Gasteiger partial charge on any atom is -0.445 e. The fourth-order valence-corrected chi connectivity index (χ4v) is 8.87. The van der Waals surface area contributed by atoms with Crippen molar-refractivity contribution in [2.75, 3.05) is 6.54 Å². The van der Waals surface area contributed by atoms with Crippen molar-refractivity contribution in [2.24, 2.45) is 17.3 Å². The van der Waals surface area contributed by atoms with Gasteiger partial charge in [-0.15, -0.1) is 0 Å². The number of nitrogens with one attached hydrogen (secondary N) is 1. The van der Waals surface area contributed by atoms with Crippen LogP contribution in [0.2, 0.25) is 0 Å². The number of carbonyl (C=O) groups is 3. The van der Waals surface area contributed by atoms with E-state index in [4.69, 9.17) is 9.15 Å². The Morgan fingerprint density at radius 2 is 1.92 bits per heavy atom. The third kappa shape index (κ3) is 6.92. The predicted molar refractivity (Wildman–Crippen MR) is 179 cm³/mol. The van der Waals surface area contributed by atoms with Crippen molar-refractivity contribution in [2.45, 2.75) is 94.9 Å². The van der Waals surface area contributed by atoms with Gasteiger partial charge in [-0.3, -0.25) is 19.1 Å². The lowest BCUT2D eigenvalue weighted by Gasteiger charge is -2.29. The Hall–Kier alpha value is -3.99. The first-order valence-corrected chi connectivity index (χ1v) is 18.8. The molecule has 2 amide bonds. The van der Waals surface area contributed by atoms with Gasteiger partial charge in [0.05, 0.1) is 23.3 Å². The van der Waals surface area contributed by atoms with Gasteiger partial charge in [0, 0.05) is 18.8 Å². The normalized spacial score (nSPS) is 29.0. The van der Waals surface area contributed by atoms with Crippen LogP contribution >= 0.6 is 0 Å². The first-order chi connectivity index (χ1) is 23.1. The van der Waals surface area contributed by atoms with E-state index in [-0.39, 0.29) is 49.0 Å². The zero-order chi connectivity index (χ0) is 33.5. The molecule has 2 aliphatic carbocycles.